The summed E-state index contributed by atoms with van der Waals surface area (Å²) >= 11 is 0. The second kappa shape index (κ2) is 5.51. The molecule has 1 aromatic carbocycles. The molecule has 0 saturated carbocycles. The van der Waals surface area contributed by atoms with Gasteiger partial charge in [0.25, 0.3) is 0 Å². The van der Waals surface area contributed by atoms with E-state index in [4.69, 9.17) is 0 Å². The minimum Gasteiger partial charge on any atom is -0.385 e. The highest BCUT2D eigenvalue weighted by Gasteiger charge is 2.20. The highest BCUT2D eigenvalue weighted by Crippen LogP contribution is 2.24. The molecule has 0 bridgehead atoms. The van der Waals surface area contributed by atoms with Crippen molar-refractivity contribution >= 4 is 5.69 Å². The Hall–Kier alpha value is -1.06. The second-order valence-electron chi connectivity index (χ2n) is 6.09. The molecular weight excluding hydrogens is 234 g/mol. The van der Waals surface area contributed by atoms with Crippen LogP contribution in [0.15, 0.2) is 18.2 Å². The van der Waals surface area contributed by atoms with Crippen LogP contribution in [0.5, 0.6) is 0 Å². The summed E-state index contributed by atoms with van der Waals surface area (Å²) in [5, 5.41) is 3.49. The van der Waals surface area contributed by atoms with Gasteiger partial charge in [-0.3, -0.25) is 4.90 Å². The van der Waals surface area contributed by atoms with E-state index in [-0.39, 0.29) is 0 Å². The lowest BCUT2D eigenvalue weighted by Gasteiger charge is -2.37. The smallest absolute Gasteiger partial charge is 0.0372 e. The Morgan fingerprint density at radius 3 is 3.05 bits per heavy atom. The lowest BCUT2D eigenvalue weighted by Crippen LogP contribution is -2.49. The summed E-state index contributed by atoms with van der Waals surface area (Å²) in [7, 11) is 2.23. The summed E-state index contributed by atoms with van der Waals surface area (Å²) in [5.41, 5.74) is 4.33. The van der Waals surface area contributed by atoms with Crippen molar-refractivity contribution < 1.29 is 0 Å². The summed E-state index contributed by atoms with van der Waals surface area (Å²) in [6.07, 6.45) is 2.50. The Morgan fingerprint density at radius 1 is 1.32 bits per heavy atom. The zero-order chi connectivity index (χ0) is 13.2. The van der Waals surface area contributed by atoms with Gasteiger partial charge in [0.2, 0.25) is 0 Å². The van der Waals surface area contributed by atoms with E-state index in [1.807, 2.05) is 0 Å². The van der Waals surface area contributed by atoms with Gasteiger partial charge in [-0.15, -0.1) is 0 Å². The van der Waals surface area contributed by atoms with Crippen molar-refractivity contribution in [2.24, 2.45) is 0 Å². The highest BCUT2D eigenvalue weighted by molar-refractivity contribution is 5.54. The third-order valence-corrected chi connectivity index (χ3v) is 4.56. The molecule has 2 heterocycles. The number of hydrogen-bond donors (Lipinski definition) is 1. The summed E-state index contributed by atoms with van der Waals surface area (Å²) in [6, 6.07) is 7.64. The molecule has 19 heavy (non-hydrogen) atoms. The highest BCUT2D eigenvalue weighted by atomic mass is 15.3. The molecule has 0 aliphatic carbocycles. The number of nitrogens with zero attached hydrogens (tertiary/aromatic N) is 2. The van der Waals surface area contributed by atoms with Crippen molar-refractivity contribution in [3.8, 4) is 0 Å². The predicted molar refractivity (Wildman–Crippen MR) is 80.6 cm³/mol. The van der Waals surface area contributed by atoms with Gasteiger partial charge >= 0.3 is 0 Å². The van der Waals surface area contributed by atoms with E-state index in [9.17, 15) is 0 Å². The third kappa shape index (κ3) is 2.93. The van der Waals surface area contributed by atoms with Crippen molar-refractivity contribution in [2.45, 2.75) is 32.4 Å². The van der Waals surface area contributed by atoms with E-state index >= 15 is 0 Å². The van der Waals surface area contributed by atoms with Crippen molar-refractivity contribution in [1.82, 2.24) is 9.80 Å². The molecule has 1 saturated heterocycles. The van der Waals surface area contributed by atoms with Crippen molar-refractivity contribution in [3.05, 3.63) is 29.3 Å². The number of aryl methyl sites for hydroxylation is 1. The topological polar surface area (TPSA) is 18.5 Å². The van der Waals surface area contributed by atoms with Gasteiger partial charge in [-0.25, -0.2) is 0 Å². The van der Waals surface area contributed by atoms with Crippen LogP contribution >= 0.6 is 0 Å². The summed E-state index contributed by atoms with van der Waals surface area (Å²) in [5.74, 6) is 0. The first-order valence-electron chi connectivity index (χ1n) is 7.50. The molecule has 3 nitrogen and oxygen atoms in total. The Morgan fingerprint density at radius 2 is 2.21 bits per heavy atom. The van der Waals surface area contributed by atoms with Gasteiger partial charge in [-0.1, -0.05) is 12.1 Å². The fourth-order valence-electron chi connectivity index (χ4n) is 3.15. The van der Waals surface area contributed by atoms with Gasteiger partial charge < -0.3 is 10.2 Å². The zero-order valence-electron chi connectivity index (χ0n) is 12.2. The fourth-order valence-corrected chi connectivity index (χ4v) is 3.15. The van der Waals surface area contributed by atoms with Crippen LogP contribution in [0, 0.1) is 0 Å². The summed E-state index contributed by atoms with van der Waals surface area (Å²) in [6.45, 7) is 8.12. The largest absolute Gasteiger partial charge is 0.385 e. The van der Waals surface area contributed by atoms with Crippen LogP contribution in [0.1, 0.15) is 24.5 Å². The van der Waals surface area contributed by atoms with Crippen LogP contribution in [0.25, 0.3) is 0 Å². The molecule has 1 unspecified atom stereocenters. The quantitative estimate of drug-likeness (QED) is 0.878. The molecule has 3 rings (SSSR count). The van der Waals surface area contributed by atoms with Gasteiger partial charge in [0.05, 0.1) is 0 Å². The molecule has 0 radical (unpaired) electrons. The average molecular weight is 259 g/mol. The molecular formula is C16H25N3. The number of anilines is 1. The minimum absolute atomic E-state index is 0.674. The van der Waals surface area contributed by atoms with Crippen molar-refractivity contribution in [3.63, 3.8) is 0 Å². The van der Waals surface area contributed by atoms with Crippen LogP contribution in [-0.4, -0.2) is 49.1 Å². The van der Waals surface area contributed by atoms with Crippen molar-refractivity contribution in [1.29, 1.82) is 0 Å². The monoisotopic (exact) mass is 259 g/mol. The predicted octanol–water partition coefficient (Wildman–Crippen LogP) is 2.18. The molecule has 104 valence electrons. The maximum atomic E-state index is 3.49. The maximum absolute atomic E-state index is 3.49. The zero-order valence-corrected chi connectivity index (χ0v) is 12.2. The van der Waals surface area contributed by atoms with Crippen LogP contribution in [0.2, 0.25) is 0 Å². The molecule has 0 aromatic heterocycles. The van der Waals surface area contributed by atoms with Crippen LogP contribution in [0.3, 0.4) is 0 Å². The number of fused-ring (bicyclic) bond motifs is 1. The van der Waals surface area contributed by atoms with Crippen LogP contribution in [0.4, 0.5) is 5.69 Å². The standard InChI is InChI=1S/C16H25N3/c1-13-11-19(9-8-18(13)2)12-14-5-6-16-15(10-14)4-3-7-17-16/h5-6,10,13,17H,3-4,7-9,11-12H2,1-2H3. The molecule has 2 aliphatic heterocycles. The SMILES string of the molecule is CC1CN(Cc2ccc3c(c2)CCCN3)CCN1C. The first kappa shape index (κ1) is 12.9. The Kier molecular flexibility index (Phi) is 3.76. The molecule has 1 aromatic rings. The number of benzene rings is 1. The van der Waals surface area contributed by atoms with Gasteiger partial charge in [0.15, 0.2) is 0 Å². The van der Waals surface area contributed by atoms with E-state index in [2.05, 4.69) is 47.3 Å². The molecule has 1 atom stereocenters. The number of hydrogen-bond acceptors (Lipinski definition) is 3. The molecule has 2 aliphatic rings. The Bertz CT molecular complexity index is 444. The summed E-state index contributed by atoms with van der Waals surface area (Å²) in [4.78, 5) is 5.04. The Balaban J connectivity index is 1.66. The second-order valence-corrected chi connectivity index (χ2v) is 6.09. The maximum Gasteiger partial charge on any atom is 0.0372 e. The van der Waals surface area contributed by atoms with E-state index in [1.165, 1.54) is 49.3 Å². The van der Waals surface area contributed by atoms with Crippen LogP contribution in [-0.2, 0) is 13.0 Å². The molecule has 1 fully saturated rings. The molecule has 0 spiro atoms. The van der Waals surface area contributed by atoms with Crippen molar-refractivity contribution in [2.75, 3.05) is 38.5 Å². The lowest BCUT2D eigenvalue weighted by molar-refractivity contribution is 0.1000. The first-order valence-corrected chi connectivity index (χ1v) is 7.50. The van der Waals surface area contributed by atoms with Gasteiger partial charge in [-0.05, 0) is 44.0 Å². The molecule has 3 heteroatoms. The van der Waals surface area contributed by atoms with Gasteiger partial charge in [0.1, 0.15) is 0 Å². The van der Waals surface area contributed by atoms with Gasteiger partial charge in [0, 0.05) is 44.5 Å². The fraction of sp³-hybridized carbons (Fsp3) is 0.625. The first-order chi connectivity index (χ1) is 9.22. The number of nitrogens with one attached hydrogen (secondary N) is 1. The average Bonchev–Trinajstić information content (AvgIpc) is 2.43. The van der Waals surface area contributed by atoms with Crippen LogP contribution < -0.4 is 5.32 Å². The van der Waals surface area contributed by atoms with E-state index < -0.39 is 0 Å². The Labute approximate surface area is 116 Å². The number of likely N-dealkylation sites (N-methyl/N-ethyl adjacent to an activating group) is 1. The normalized spacial score (nSPS) is 24.8. The minimum atomic E-state index is 0.674. The lowest BCUT2D eigenvalue weighted by atomic mass is 10.0. The number of rotatable bonds is 2. The summed E-state index contributed by atoms with van der Waals surface area (Å²) < 4.78 is 0. The van der Waals surface area contributed by atoms with Gasteiger partial charge in [-0.2, -0.15) is 0 Å². The number of piperazine rings is 1. The molecule has 0 amide bonds. The molecule has 1 N–H and O–H groups in total. The third-order valence-electron chi connectivity index (χ3n) is 4.56. The van der Waals surface area contributed by atoms with E-state index in [0.29, 0.717) is 6.04 Å². The van der Waals surface area contributed by atoms with E-state index in [0.717, 1.165) is 13.1 Å². The van der Waals surface area contributed by atoms with E-state index in [1.54, 1.807) is 0 Å².